The second-order valence-corrected chi connectivity index (χ2v) is 5.63. The van der Waals surface area contributed by atoms with Gasteiger partial charge < -0.3 is 5.32 Å². The molecule has 0 atom stereocenters. The lowest BCUT2D eigenvalue weighted by molar-refractivity contribution is 0.603. The van der Waals surface area contributed by atoms with E-state index in [2.05, 4.69) is 29.1 Å². The summed E-state index contributed by atoms with van der Waals surface area (Å²) < 4.78 is 0. The predicted molar refractivity (Wildman–Crippen MR) is 65.6 cm³/mol. The molecule has 0 bridgehead atoms. The highest BCUT2D eigenvalue weighted by Gasteiger charge is 2.23. The van der Waals surface area contributed by atoms with E-state index in [4.69, 9.17) is 0 Å². The Bertz CT molecular complexity index is 431. The van der Waals surface area contributed by atoms with Crippen molar-refractivity contribution >= 4 is 27.8 Å². The standard InChI is InChI=1S/C10H13N3S2/c1-7-6-15-9(12-7)13-10(2,3)8-11-4-5-14-8/h4-6H,1-3H3,(H,12,13). The average Bonchev–Trinajstić information content (AvgIpc) is 2.75. The van der Waals surface area contributed by atoms with E-state index < -0.39 is 0 Å². The van der Waals surface area contributed by atoms with E-state index in [9.17, 15) is 0 Å². The Morgan fingerprint density at radius 2 is 2.13 bits per heavy atom. The molecule has 0 aliphatic rings. The SMILES string of the molecule is Cc1csc(NC(C)(C)c2nccs2)n1. The maximum absolute atomic E-state index is 4.39. The van der Waals surface area contributed by atoms with Crippen molar-refractivity contribution in [2.24, 2.45) is 0 Å². The maximum Gasteiger partial charge on any atom is 0.183 e. The third kappa shape index (κ3) is 2.35. The van der Waals surface area contributed by atoms with Gasteiger partial charge >= 0.3 is 0 Å². The first-order valence-electron chi connectivity index (χ1n) is 4.68. The summed E-state index contributed by atoms with van der Waals surface area (Å²) in [6.45, 7) is 6.23. The minimum absolute atomic E-state index is 0.154. The molecular weight excluding hydrogens is 226 g/mol. The number of aromatic nitrogens is 2. The molecule has 0 aromatic carbocycles. The molecule has 80 valence electrons. The first kappa shape index (κ1) is 10.6. The van der Waals surface area contributed by atoms with Crippen molar-refractivity contribution in [3.8, 4) is 0 Å². The Hall–Kier alpha value is -0.940. The number of nitrogens with zero attached hydrogens (tertiary/aromatic N) is 2. The van der Waals surface area contributed by atoms with E-state index in [0.29, 0.717) is 0 Å². The highest BCUT2D eigenvalue weighted by atomic mass is 32.1. The molecule has 15 heavy (non-hydrogen) atoms. The van der Waals surface area contributed by atoms with Gasteiger partial charge in [0.15, 0.2) is 5.13 Å². The van der Waals surface area contributed by atoms with Gasteiger partial charge in [-0.3, -0.25) is 0 Å². The highest BCUT2D eigenvalue weighted by Crippen LogP contribution is 2.28. The molecule has 0 amide bonds. The number of thiazole rings is 2. The van der Waals surface area contributed by atoms with Crippen molar-refractivity contribution in [3.63, 3.8) is 0 Å². The predicted octanol–water partition coefficient (Wildman–Crippen LogP) is 3.26. The number of rotatable bonds is 3. The van der Waals surface area contributed by atoms with Crippen LogP contribution < -0.4 is 5.32 Å². The Labute approximate surface area is 97.2 Å². The van der Waals surface area contributed by atoms with Crippen LogP contribution in [0.2, 0.25) is 0 Å². The smallest absolute Gasteiger partial charge is 0.183 e. The second-order valence-electron chi connectivity index (χ2n) is 3.88. The number of hydrogen-bond acceptors (Lipinski definition) is 5. The molecule has 2 heterocycles. The first-order valence-corrected chi connectivity index (χ1v) is 6.44. The van der Waals surface area contributed by atoms with Crippen molar-refractivity contribution < 1.29 is 0 Å². The van der Waals surface area contributed by atoms with Crippen LogP contribution in [0.1, 0.15) is 24.5 Å². The number of aryl methyl sites for hydroxylation is 1. The minimum atomic E-state index is -0.154. The first-order chi connectivity index (χ1) is 7.08. The van der Waals surface area contributed by atoms with Crippen molar-refractivity contribution in [2.75, 3.05) is 5.32 Å². The molecule has 0 spiro atoms. The molecule has 0 radical (unpaired) electrons. The molecule has 0 fully saturated rings. The lowest BCUT2D eigenvalue weighted by Crippen LogP contribution is -2.27. The van der Waals surface area contributed by atoms with E-state index in [1.54, 1.807) is 22.7 Å². The molecular formula is C10H13N3S2. The van der Waals surface area contributed by atoms with Crippen LogP contribution in [0.15, 0.2) is 17.0 Å². The monoisotopic (exact) mass is 239 g/mol. The fraction of sp³-hybridized carbons (Fsp3) is 0.400. The average molecular weight is 239 g/mol. The van der Waals surface area contributed by atoms with E-state index in [1.807, 2.05) is 23.9 Å². The second kappa shape index (κ2) is 3.90. The fourth-order valence-corrected chi connectivity index (χ4v) is 2.83. The fourth-order valence-electron chi connectivity index (χ4n) is 1.26. The normalized spacial score (nSPS) is 11.7. The van der Waals surface area contributed by atoms with E-state index in [0.717, 1.165) is 15.8 Å². The van der Waals surface area contributed by atoms with Crippen LogP contribution in [0, 0.1) is 6.92 Å². The molecule has 0 aliphatic heterocycles. The summed E-state index contributed by atoms with van der Waals surface area (Å²) in [7, 11) is 0. The largest absolute Gasteiger partial charge is 0.350 e. The van der Waals surface area contributed by atoms with Gasteiger partial charge in [-0.05, 0) is 20.8 Å². The van der Waals surface area contributed by atoms with Crippen molar-refractivity contribution in [2.45, 2.75) is 26.3 Å². The Morgan fingerprint density at radius 3 is 2.67 bits per heavy atom. The molecule has 1 N–H and O–H groups in total. The van der Waals surface area contributed by atoms with Gasteiger partial charge in [0.25, 0.3) is 0 Å². The maximum atomic E-state index is 4.39. The number of nitrogens with one attached hydrogen (secondary N) is 1. The molecule has 0 saturated carbocycles. The minimum Gasteiger partial charge on any atom is -0.350 e. The Morgan fingerprint density at radius 1 is 1.33 bits per heavy atom. The van der Waals surface area contributed by atoms with Gasteiger partial charge in [0.1, 0.15) is 5.01 Å². The summed E-state index contributed by atoms with van der Waals surface area (Å²) in [5, 5.41) is 9.46. The number of anilines is 1. The number of hydrogen-bond donors (Lipinski definition) is 1. The highest BCUT2D eigenvalue weighted by molar-refractivity contribution is 7.13. The van der Waals surface area contributed by atoms with Gasteiger partial charge in [-0.1, -0.05) is 0 Å². The van der Waals surface area contributed by atoms with Crippen LogP contribution in [0.5, 0.6) is 0 Å². The van der Waals surface area contributed by atoms with Gasteiger partial charge in [0, 0.05) is 17.0 Å². The van der Waals surface area contributed by atoms with Gasteiger partial charge in [0.2, 0.25) is 0 Å². The van der Waals surface area contributed by atoms with Crippen LogP contribution in [0.3, 0.4) is 0 Å². The van der Waals surface area contributed by atoms with Crippen LogP contribution in [0.4, 0.5) is 5.13 Å². The summed E-state index contributed by atoms with van der Waals surface area (Å²) in [5.41, 5.74) is 0.899. The molecule has 3 nitrogen and oxygen atoms in total. The van der Waals surface area contributed by atoms with Gasteiger partial charge in [0.05, 0.1) is 11.2 Å². The van der Waals surface area contributed by atoms with Crippen molar-refractivity contribution in [3.05, 3.63) is 27.7 Å². The van der Waals surface area contributed by atoms with Gasteiger partial charge in [-0.2, -0.15) is 0 Å². The molecule has 0 unspecified atom stereocenters. The summed E-state index contributed by atoms with van der Waals surface area (Å²) in [6, 6.07) is 0. The summed E-state index contributed by atoms with van der Waals surface area (Å²) in [6.07, 6.45) is 1.83. The summed E-state index contributed by atoms with van der Waals surface area (Å²) >= 11 is 3.29. The molecule has 0 aliphatic carbocycles. The molecule has 2 rings (SSSR count). The van der Waals surface area contributed by atoms with Gasteiger partial charge in [-0.25, -0.2) is 9.97 Å². The Kier molecular flexibility index (Phi) is 2.75. The van der Waals surface area contributed by atoms with Gasteiger partial charge in [-0.15, -0.1) is 22.7 Å². The van der Waals surface area contributed by atoms with Crippen LogP contribution in [0.25, 0.3) is 0 Å². The van der Waals surface area contributed by atoms with Crippen LogP contribution in [-0.4, -0.2) is 9.97 Å². The summed E-state index contributed by atoms with van der Waals surface area (Å²) in [4.78, 5) is 8.71. The lowest BCUT2D eigenvalue weighted by atomic mass is 10.1. The quantitative estimate of drug-likeness (QED) is 0.893. The topological polar surface area (TPSA) is 37.8 Å². The molecule has 0 saturated heterocycles. The molecule has 5 heteroatoms. The summed E-state index contributed by atoms with van der Waals surface area (Å²) in [5.74, 6) is 0. The van der Waals surface area contributed by atoms with Crippen LogP contribution in [-0.2, 0) is 5.54 Å². The van der Waals surface area contributed by atoms with Crippen LogP contribution >= 0.6 is 22.7 Å². The zero-order valence-corrected chi connectivity index (χ0v) is 10.6. The van der Waals surface area contributed by atoms with Crippen molar-refractivity contribution in [1.82, 2.24) is 9.97 Å². The zero-order valence-electron chi connectivity index (χ0n) is 8.94. The third-order valence-electron chi connectivity index (χ3n) is 2.01. The molecule has 2 aromatic heterocycles. The molecule has 2 aromatic rings. The Balaban J connectivity index is 2.18. The lowest BCUT2D eigenvalue weighted by Gasteiger charge is -2.23. The van der Waals surface area contributed by atoms with Crippen molar-refractivity contribution in [1.29, 1.82) is 0 Å². The van der Waals surface area contributed by atoms with E-state index >= 15 is 0 Å². The van der Waals surface area contributed by atoms with E-state index in [1.165, 1.54) is 0 Å². The zero-order chi connectivity index (χ0) is 10.9. The van der Waals surface area contributed by atoms with E-state index in [-0.39, 0.29) is 5.54 Å². The third-order valence-corrected chi connectivity index (χ3v) is 3.98.